The zero-order valence-corrected chi connectivity index (χ0v) is 5.21. The first-order chi connectivity index (χ1) is 2.89. The first-order valence-corrected chi connectivity index (χ1v) is 2.65. The van der Waals surface area contributed by atoms with Crippen LogP contribution < -0.4 is 5.73 Å². The van der Waals surface area contributed by atoms with Crippen molar-refractivity contribution in [1.29, 1.82) is 0 Å². The topological polar surface area (TPSA) is 26.0 Å². The van der Waals surface area contributed by atoms with Crippen molar-refractivity contribution in [2.24, 2.45) is 5.73 Å². The highest BCUT2D eigenvalue weighted by atomic mass is 35.5. The summed E-state index contributed by atoms with van der Waals surface area (Å²) >= 11 is 0. The van der Waals surface area contributed by atoms with Crippen LogP contribution in [-0.2, 0) is 0 Å². The largest absolute Gasteiger partial charge is 0.328 e. The molecular weight excluding hydrogens is 110 g/mol. The van der Waals surface area contributed by atoms with E-state index in [1.165, 1.54) is 25.7 Å². The zero-order chi connectivity index (χ0) is 4.41. The Bertz CT molecular complexity index is 41.3. The maximum atomic E-state index is 5.53. The number of nitrogens with two attached hydrogens (primary N) is 1. The van der Waals surface area contributed by atoms with Gasteiger partial charge in [-0.25, -0.2) is 0 Å². The normalized spacial score (nSPS) is 21.9. The molecule has 1 aliphatic rings. The molecule has 1 nitrogen and oxygen atoms in total. The van der Waals surface area contributed by atoms with E-state index in [1.807, 2.05) is 0 Å². The third kappa shape index (κ3) is 2.15. The molecule has 0 unspecified atom stereocenters. The van der Waals surface area contributed by atoms with Gasteiger partial charge in [-0.3, -0.25) is 0 Å². The van der Waals surface area contributed by atoms with Crippen molar-refractivity contribution < 1.29 is 0 Å². The van der Waals surface area contributed by atoms with Gasteiger partial charge in [0.25, 0.3) is 0 Å². The van der Waals surface area contributed by atoms with Gasteiger partial charge in [-0.05, 0) is 12.8 Å². The van der Waals surface area contributed by atoms with Crippen LogP contribution in [-0.4, -0.2) is 6.04 Å². The van der Waals surface area contributed by atoms with Gasteiger partial charge in [0, 0.05) is 6.04 Å². The highest BCUT2D eigenvalue weighted by Crippen LogP contribution is 2.14. The predicted octanol–water partition coefficient (Wildman–Crippen LogP) is 1.31. The summed E-state index contributed by atoms with van der Waals surface area (Å²) in [5.74, 6) is 0. The van der Waals surface area contributed by atoms with Crippen molar-refractivity contribution in [2.45, 2.75) is 31.7 Å². The second kappa shape index (κ2) is 3.28. The summed E-state index contributed by atoms with van der Waals surface area (Å²) in [6, 6.07) is 0.546. The Morgan fingerprint density at radius 2 is 1.57 bits per heavy atom. The van der Waals surface area contributed by atoms with Gasteiger partial charge in [-0.1, -0.05) is 12.8 Å². The smallest absolute Gasteiger partial charge is 0.00388 e. The summed E-state index contributed by atoms with van der Waals surface area (Å²) < 4.78 is 0. The summed E-state index contributed by atoms with van der Waals surface area (Å²) in [7, 11) is 0. The van der Waals surface area contributed by atoms with Crippen LogP contribution in [0, 0.1) is 0 Å². The Labute approximate surface area is 50.7 Å². The van der Waals surface area contributed by atoms with Gasteiger partial charge in [0.05, 0.1) is 0 Å². The highest BCUT2D eigenvalue weighted by molar-refractivity contribution is 5.85. The van der Waals surface area contributed by atoms with E-state index in [0.717, 1.165) is 0 Å². The molecule has 0 atom stereocenters. The van der Waals surface area contributed by atoms with Crippen LogP contribution in [0.25, 0.3) is 0 Å². The van der Waals surface area contributed by atoms with Gasteiger partial charge in [0.2, 0.25) is 0 Å². The molecule has 0 amide bonds. The summed E-state index contributed by atoms with van der Waals surface area (Å²) in [5.41, 5.74) is 5.53. The number of hydrogen-bond acceptors (Lipinski definition) is 1. The summed E-state index contributed by atoms with van der Waals surface area (Å²) in [5, 5.41) is 0. The standard InChI is InChI=1S/C5H11N.ClH/c6-5-3-1-2-4-5;/h5H,1-4,6H2;1H. The molecule has 1 rings (SSSR count). The molecular formula is C5H12ClN. The molecule has 0 heterocycles. The zero-order valence-electron chi connectivity index (χ0n) is 4.39. The van der Waals surface area contributed by atoms with E-state index in [9.17, 15) is 0 Å². The lowest BCUT2D eigenvalue weighted by Crippen LogP contribution is -2.13. The van der Waals surface area contributed by atoms with Gasteiger partial charge in [-0.2, -0.15) is 0 Å². The van der Waals surface area contributed by atoms with E-state index in [2.05, 4.69) is 0 Å². The van der Waals surface area contributed by atoms with Crippen molar-refractivity contribution in [3.8, 4) is 0 Å². The molecule has 0 aromatic carbocycles. The van der Waals surface area contributed by atoms with E-state index in [1.54, 1.807) is 0 Å². The minimum Gasteiger partial charge on any atom is -0.328 e. The van der Waals surface area contributed by atoms with E-state index in [-0.39, 0.29) is 12.4 Å². The van der Waals surface area contributed by atoms with Crippen LogP contribution in [0.3, 0.4) is 0 Å². The van der Waals surface area contributed by atoms with Crippen LogP contribution in [0.5, 0.6) is 0 Å². The van der Waals surface area contributed by atoms with Gasteiger partial charge in [-0.15, -0.1) is 12.4 Å². The number of rotatable bonds is 0. The fourth-order valence-corrected chi connectivity index (χ4v) is 0.957. The molecule has 0 aromatic rings. The minimum absolute atomic E-state index is 0. The lowest BCUT2D eigenvalue weighted by Gasteiger charge is -1.92. The average Bonchev–Trinajstić information content (AvgIpc) is 1.86. The molecule has 1 fully saturated rings. The van der Waals surface area contributed by atoms with Gasteiger partial charge in [0.1, 0.15) is 0 Å². The Hall–Kier alpha value is 0.250. The van der Waals surface area contributed by atoms with Crippen molar-refractivity contribution >= 4 is 12.4 Å². The SMILES string of the molecule is Cl.NC1CCCC1. The first kappa shape index (κ1) is 7.25. The van der Waals surface area contributed by atoms with Gasteiger partial charge in [0.15, 0.2) is 0 Å². The molecule has 0 bridgehead atoms. The second-order valence-electron chi connectivity index (χ2n) is 2.04. The molecule has 0 spiro atoms. The van der Waals surface area contributed by atoms with Crippen LogP contribution >= 0.6 is 12.4 Å². The number of halogens is 1. The molecule has 0 aliphatic heterocycles. The summed E-state index contributed by atoms with van der Waals surface area (Å²) in [6.07, 6.45) is 5.25. The van der Waals surface area contributed by atoms with Crippen LogP contribution in [0.2, 0.25) is 0 Å². The molecule has 1 aliphatic carbocycles. The molecule has 0 aromatic heterocycles. The highest BCUT2D eigenvalue weighted by Gasteiger charge is 2.07. The summed E-state index contributed by atoms with van der Waals surface area (Å²) in [6.45, 7) is 0. The van der Waals surface area contributed by atoms with Crippen molar-refractivity contribution in [2.75, 3.05) is 0 Å². The molecule has 1 saturated carbocycles. The fourth-order valence-electron chi connectivity index (χ4n) is 0.957. The second-order valence-corrected chi connectivity index (χ2v) is 2.04. The third-order valence-electron chi connectivity index (χ3n) is 1.40. The van der Waals surface area contributed by atoms with E-state index in [4.69, 9.17) is 5.73 Å². The fraction of sp³-hybridized carbons (Fsp3) is 1.00. The van der Waals surface area contributed by atoms with E-state index < -0.39 is 0 Å². The van der Waals surface area contributed by atoms with Gasteiger partial charge >= 0.3 is 0 Å². The van der Waals surface area contributed by atoms with Crippen LogP contribution in [0.4, 0.5) is 0 Å². The molecule has 0 saturated heterocycles. The van der Waals surface area contributed by atoms with Gasteiger partial charge < -0.3 is 5.73 Å². The maximum absolute atomic E-state index is 5.53. The molecule has 2 heteroatoms. The molecule has 2 N–H and O–H groups in total. The Morgan fingerprint density at radius 1 is 1.14 bits per heavy atom. The molecule has 44 valence electrons. The van der Waals surface area contributed by atoms with Crippen molar-refractivity contribution in [1.82, 2.24) is 0 Å². The van der Waals surface area contributed by atoms with Crippen LogP contribution in [0.1, 0.15) is 25.7 Å². The molecule has 0 radical (unpaired) electrons. The maximum Gasteiger partial charge on any atom is 0.00388 e. The van der Waals surface area contributed by atoms with Crippen LogP contribution in [0.15, 0.2) is 0 Å². The van der Waals surface area contributed by atoms with Crippen molar-refractivity contribution in [3.05, 3.63) is 0 Å². The van der Waals surface area contributed by atoms with E-state index in [0.29, 0.717) is 6.04 Å². The Balaban J connectivity index is 0.000000360. The quantitative estimate of drug-likeness (QED) is 0.514. The minimum atomic E-state index is 0. The lowest BCUT2D eigenvalue weighted by molar-refractivity contribution is 0.704. The molecule has 7 heavy (non-hydrogen) atoms. The van der Waals surface area contributed by atoms with E-state index >= 15 is 0 Å². The average molecular weight is 122 g/mol. The first-order valence-electron chi connectivity index (χ1n) is 2.65. The third-order valence-corrected chi connectivity index (χ3v) is 1.40. The predicted molar refractivity (Wildman–Crippen MR) is 33.7 cm³/mol. The number of hydrogen-bond donors (Lipinski definition) is 1. The Morgan fingerprint density at radius 3 is 1.71 bits per heavy atom. The monoisotopic (exact) mass is 121 g/mol. The van der Waals surface area contributed by atoms with Crippen molar-refractivity contribution in [3.63, 3.8) is 0 Å². The summed E-state index contributed by atoms with van der Waals surface area (Å²) in [4.78, 5) is 0. The Kier molecular flexibility index (Phi) is 3.39. The lowest BCUT2D eigenvalue weighted by atomic mass is 10.3.